The maximum absolute atomic E-state index is 11.9. The number of nitrogens with zero attached hydrogens (tertiary/aromatic N) is 1. The minimum absolute atomic E-state index is 0.324. The van der Waals surface area contributed by atoms with Crippen LogP contribution in [0.3, 0.4) is 0 Å². The van der Waals surface area contributed by atoms with E-state index in [1.165, 1.54) is 0 Å². The number of pyridine rings is 1. The van der Waals surface area contributed by atoms with Crippen molar-refractivity contribution in [1.82, 2.24) is 10.5 Å². The zero-order valence-electron chi connectivity index (χ0n) is 12.0. The van der Waals surface area contributed by atoms with Crippen LogP contribution in [0.5, 0.6) is 0 Å². The van der Waals surface area contributed by atoms with Crippen molar-refractivity contribution in [2.45, 2.75) is 26.4 Å². The van der Waals surface area contributed by atoms with Crippen LogP contribution < -0.4 is 5.48 Å². The summed E-state index contributed by atoms with van der Waals surface area (Å²) >= 11 is 0. The van der Waals surface area contributed by atoms with Crippen molar-refractivity contribution in [3.05, 3.63) is 42.2 Å². The fourth-order valence-corrected chi connectivity index (χ4v) is 1.66. The van der Waals surface area contributed by atoms with Crippen LogP contribution in [0, 0.1) is 0 Å². The van der Waals surface area contributed by atoms with E-state index in [1.54, 1.807) is 57.4 Å². The lowest BCUT2D eigenvalue weighted by Crippen LogP contribution is -2.34. The van der Waals surface area contributed by atoms with Gasteiger partial charge in [-0.1, -0.05) is 6.07 Å². The summed E-state index contributed by atoms with van der Waals surface area (Å²) < 4.78 is 4.96. The molecule has 0 saturated heterocycles. The molecule has 2 aromatic rings. The van der Waals surface area contributed by atoms with Crippen molar-refractivity contribution in [3.8, 4) is 0 Å². The molecule has 6 nitrogen and oxygen atoms in total. The number of hydrogen-bond acceptors (Lipinski definition) is 5. The molecule has 1 heterocycles. The van der Waals surface area contributed by atoms with E-state index in [2.05, 4.69) is 4.98 Å². The summed E-state index contributed by atoms with van der Waals surface area (Å²) in [6.07, 6.45) is 2.51. The van der Waals surface area contributed by atoms with Crippen LogP contribution in [0.2, 0.25) is 0 Å². The molecule has 0 radical (unpaired) electrons. The number of carbonyl (C=O) groups excluding carboxylic acids is 2. The largest absolute Gasteiger partial charge is 0.442 e. The summed E-state index contributed by atoms with van der Waals surface area (Å²) in [5.74, 6) is -0.667. The molecule has 0 unspecified atom stereocenters. The molecule has 0 bridgehead atoms. The third-order valence-electron chi connectivity index (χ3n) is 2.50. The Hall–Kier alpha value is -2.63. The number of hydroxylamine groups is 1. The van der Waals surface area contributed by atoms with E-state index in [0.29, 0.717) is 5.56 Å². The van der Waals surface area contributed by atoms with Crippen LogP contribution >= 0.6 is 0 Å². The Kier molecular flexibility index (Phi) is 4.07. The maximum atomic E-state index is 11.9. The molecule has 1 aromatic heterocycles. The Balaban J connectivity index is 2.00. The number of nitrogens with one attached hydrogen (secondary N) is 1. The van der Waals surface area contributed by atoms with Crippen molar-refractivity contribution >= 4 is 22.8 Å². The van der Waals surface area contributed by atoms with E-state index in [-0.39, 0.29) is 0 Å². The van der Waals surface area contributed by atoms with E-state index >= 15 is 0 Å². The molecule has 1 aromatic carbocycles. The maximum Gasteiger partial charge on any atom is 0.441 e. The van der Waals surface area contributed by atoms with Gasteiger partial charge in [0.2, 0.25) is 0 Å². The normalized spacial score (nSPS) is 11.0. The zero-order chi connectivity index (χ0) is 15.5. The van der Waals surface area contributed by atoms with Crippen LogP contribution in [0.25, 0.3) is 10.8 Å². The standard InChI is InChI=1S/C15H16N2O4/c1-15(2,3)20-14(19)17-21-13(18)11-4-5-12-9-16-7-6-10(12)8-11/h4-9H,1-3H3,(H,17,19). The molecule has 0 aliphatic rings. The Labute approximate surface area is 122 Å². The Morgan fingerprint density at radius 2 is 1.90 bits per heavy atom. The van der Waals surface area contributed by atoms with Crippen LogP contribution in [0.4, 0.5) is 4.79 Å². The SMILES string of the molecule is CC(C)(C)OC(=O)NOC(=O)c1ccc2cnccc2c1. The Morgan fingerprint density at radius 1 is 1.14 bits per heavy atom. The summed E-state index contributed by atoms with van der Waals surface area (Å²) in [4.78, 5) is 31.9. The topological polar surface area (TPSA) is 77.5 Å². The summed E-state index contributed by atoms with van der Waals surface area (Å²) in [6, 6.07) is 6.80. The quantitative estimate of drug-likeness (QED) is 0.816. The fourth-order valence-electron chi connectivity index (χ4n) is 1.66. The van der Waals surface area contributed by atoms with Gasteiger partial charge in [-0.2, -0.15) is 0 Å². The van der Waals surface area contributed by atoms with Gasteiger partial charge in [-0.05, 0) is 44.4 Å². The van der Waals surface area contributed by atoms with Gasteiger partial charge in [0, 0.05) is 17.8 Å². The first-order valence-electron chi connectivity index (χ1n) is 6.39. The van der Waals surface area contributed by atoms with Crippen LogP contribution in [0.15, 0.2) is 36.7 Å². The number of carbonyl (C=O) groups is 2. The minimum Gasteiger partial charge on any atom is -0.442 e. The monoisotopic (exact) mass is 288 g/mol. The second-order valence-electron chi connectivity index (χ2n) is 5.43. The number of hydrogen-bond donors (Lipinski definition) is 1. The zero-order valence-corrected chi connectivity index (χ0v) is 12.0. The molecule has 0 saturated carbocycles. The third-order valence-corrected chi connectivity index (χ3v) is 2.50. The summed E-state index contributed by atoms with van der Waals surface area (Å²) in [5.41, 5.74) is 1.63. The first kappa shape index (κ1) is 14.8. The number of rotatable bonds is 1. The van der Waals surface area contributed by atoms with Crippen molar-refractivity contribution in [1.29, 1.82) is 0 Å². The molecular weight excluding hydrogens is 272 g/mol. The van der Waals surface area contributed by atoms with Crippen molar-refractivity contribution in [2.75, 3.05) is 0 Å². The average molecular weight is 288 g/mol. The molecule has 2 rings (SSSR count). The first-order chi connectivity index (χ1) is 9.85. The van der Waals surface area contributed by atoms with Gasteiger partial charge in [0.1, 0.15) is 5.60 Å². The molecule has 21 heavy (non-hydrogen) atoms. The van der Waals surface area contributed by atoms with Crippen LogP contribution in [-0.2, 0) is 9.57 Å². The molecule has 0 fully saturated rings. The van der Waals surface area contributed by atoms with E-state index in [4.69, 9.17) is 9.57 Å². The lowest BCUT2D eigenvalue weighted by Gasteiger charge is -2.19. The predicted octanol–water partition coefficient (Wildman–Crippen LogP) is 2.83. The second kappa shape index (κ2) is 5.78. The average Bonchev–Trinajstić information content (AvgIpc) is 2.42. The van der Waals surface area contributed by atoms with Gasteiger partial charge in [0.25, 0.3) is 0 Å². The van der Waals surface area contributed by atoms with Gasteiger partial charge in [-0.25, -0.2) is 9.59 Å². The van der Waals surface area contributed by atoms with Gasteiger partial charge in [-0.3, -0.25) is 4.98 Å². The van der Waals surface area contributed by atoms with E-state index in [1.807, 2.05) is 5.48 Å². The molecule has 1 amide bonds. The lowest BCUT2D eigenvalue weighted by atomic mass is 10.1. The molecular formula is C15H16N2O4. The number of benzene rings is 1. The van der Waals surface area contributed by atoms with Gasteiger partial charge in [0.05, 0.1) is 5.56 Å². The number of ether oxygens (including phenoxy) is 1. The molecule has 0 atom stereocenters. The Bertz CT molecular complexity index is 677. The van der Waals surface area contributed by atoms with Gasteiger partial charge in [0.15, 0.2) is 0 Å². The van der Waals surface area contributed by atoms with E-state index in [9.17, 15) is 9.59 Å². The Morgan fingerprint density at radius 3 is 2.62 bits per heavy atom. The van der Waals surface area contributed by atoms with Gasteiger partial charge in [-0.15, -0.1) is 5.48 Å². The van der Waals surface area contributed by atoms with Gasteiger partial charge >= 0.3 is 12.1 Å². The minimum atomic E-state index is -0.819. The fraction of sp³-hybridized carbons (Fsp3) is 0.267. The highest BCUT2D eigenvalue weighted by atomic mass is 16.7. The third kappa shape index (κ3) is 4.17. The first-order valence-corrected chi connectivity index (χ1v) is 6.39. The van der Waals surface area contributed by atoms with Crippen molar-refractivity contribution in [3.63, 3.8) is 0 Å². The highest BCUT2D eigenvalue weighted by molar-refractivity contribution is 5.95. The lowest BCUT2D eigenvalue weighted by molar-refractivity contribution is -0.00128. The highest BCUT2D eigenvalue weighted by Gasteiger charge is 2.18. The molecule has 6 heteroatoms. The van der Waals surface area contributed by atoms with E-state index in [0.717, 1.165) is 10.8 Å². The predicted molar refractivity (Wildman–Crippen MR) is 76.5 cm³/mol. The summed E-state index contributed by atoms with van der Waals surface area (Å²) in [6.45, 7) is 5.14. The second-order valence-corrected chi connectivity index (χ2v) is 5.43. The van der Waals surface area contributed by atoms with E-state index < -0.39 is 17.7 Å². The summed E-state index contributed by atoms with van der Waals surface area (Å²) in [7, 11) is 0. The highest BCUT2D eigenvalue weighted by Crippen LogP contribution is 2.15. The molecule has 1 N–H and O–H groups in total. The summed E-state index contributed by atoms with van der Waals surface area (Å²) in [5, 5.41) is 1.77. The number of amides is 1. The van der Waals surface area contributed by atoms with Crippen molar-refractivity contribution in [2.24, 2.45) is 0 Å². The molecule has 110 valence electrons. The van der Waals surface area contributed by atoms with Gasteiger partial charge < -0.3 is 9.57 Å². The van der Waals surface area contributed by atoms with Crippen LogP contribution in [-0.4, -0.2) is 22.6 Å². The van der Waals surface area contributed by atoms with Crippen molar-refractivity contribution < 1.29 is 19.2 Å². The smallest absolute Gasteiger partial charge is 0.441 e. The molecule has 0 aliphatic heterocycles. The number of aromatic nitrogens is 1. The van der Waals surface area contributed by atoms with Crippen LogP contribution in [0.1, 0.15) is 31.1 Å². The molecule has 0 spiro atoms. The molecule has 0 aliphatic carbocycles. The number of fused-ring (bicyclic) bond motifs is 1.